The summed E-state index contributed by atoms with van der Waals surface area (Å²) in [6.07, 6.45) is 4.24. The van der Waals surface area contributed by atoms with Gasteiger partial charge in [-0.2, -0.15) is 4.31 Å². The molecule has 0 aromatic carbocycles. The Hall–Kier alpha value is -0.430. The highest BCUT2D eigenvalue weighted by atomic mass is 32.2. The molecule has 0 spiro atoms. The van der Waals surface area contributed by atoms with Crippen molar-refractivity contribution in [3.8, 4) is 0 Å². The van der Waals surface area contributed by atoms with Gasteiger partial charge in [0.05, 0.1) is 0 Å². The quantitative estimate of drug-likeness (QED) is 0.929. The van der Waals surface area contributed by atoms with Crippen LogP contribution in [0.1, 0.15) is 36.1 Å². The predicted molar refractivity (Wildman–Crippen MR) is 79.0 cm³/mol. The van der Waals surface area contributed by atoms with E-state index in [1.54, 1.807) is 4.31 Å². The van der Waals surface area contributed by atoms with Gasteiger partial charge in [-0.05, 0) is 38.4 Å². The maximum atomic E-state index is 12.6. The molecule has 1 saturated heterocycles. The second kappa shape index (κ2) is 6.35. The molecule has 2 heterocycles. The molecule has 19 heavy (non-hydrogen) atoms. The van der Waals surface area contributed by atoms with Crippen LogP contribution in [-0.2, 0) is 16.6 Å². The van der Waals surface area contributed by atoms with Crippen molar-refractivity contribution >= 4 is 21.4 Å². The van der Waals surface area contributed by atoms with Crippen LogP contribution in [0.25, 0.3) is 0 Å². The van der Waals surface area contributed by atoms with Crippen LogP contribution in [0.4, 0.5) is 0 Å². The van der Waals surface area contributed by atoms with E-state index in [0.29, 0.717) is 17.3 Å². The number of nitrogens with zero attached hydrogens (tertiary/aromatic N) is 1. The van der Waals surface area contributed by atoms with Crippen LogP contribution in [0.2, 0.25) is 0 Å². The zero-order chi connectivity index (χ0) is 13.9. The minimum atomic E-state index is -3.28. The maximum absolute atomic E-state index is 12.6. The van der Waals surface area contributed by atoms with Crippen LogP contribution >= 0.6 is 11.3 Å². The molecule has 108 valence electrons. The van der Waals surface area contributed by atoms with Crippen molar-refractivity contribution in [2.75, 3.05) is 20.1 Å². The summed E-state index contributed by atoms with van der Waals surface area (Å²) in [6.45, 7) is 4.04. The van der Waals surface area contributed by atoms with Crippen LogP contribution in [0.5, 0.6) is 0 Å². The Labute approximate surface area is 119 Å². The average Bonchev–Trinajstić information content (AvgIpc) is 2.61. The van der Waals surface area contributed by atoms with Crippen molar-refractivity contribution in [3.05, 3.63) is 16.5 Å². The standard InChI is InChI=1S/C13H22N2O2S2/c1-11-9-13(18-12(11)10-14-2)19(16,17)15-7-5-3-4-6-8-15/h9,14H,3-8,10H2,1-2H3. The number of thiophene rings is 1. The van der Waals surface area contributed by atoms with Crippen molar-refractivity contribution in [1.29, 1.82) is 0 Å². The lowest BCUT2D eigenvalue weighted by atomic mass is 10.2. The molecule has 1 aromatic rings. The van der Waals surface area contributed by atoms with E-state index in [0.717, 1.165) is 42.7 Å². The average molecular weight is 302 g/mol. The Morgan fingerprint density at radius 1 is 1.26 bits per heavy atom. The van der Waals surface area contributed by atoms with Gasteiger partial charge < -0.3 is 5.32 Å². The zero-order valence-corrected chi connectivity index (χ0v) is 13.2. The van der Waals surface area contributed by atoms with Gasteiger partial charge in [-0.1, -0.05) is 12.8 Å². The predicted octanol–water partition coefficient (Wildman–Crippen LogP) is 2.34. The van der Waals surface area contributed by atoms with E-state index in [-0.39, 0.29) is 0 Å². The minimum Gasteiger partial charge on any atom is -0.315 e. The number of rotatable bonds is 4. The SMILES string of the molecule is CNCc1sc(S(=O)(=O)N2CCCCCC2)cc1C. The molecule has 2 rings (SSSR count). The van der Waals surface area contributed by atoms with Crippen LogP contribution in [-0.4, -0.2) is 32.9 Å². The van der Waals surface area contributed by atoms with Crippen molar-refractivity contribution in [3.63, 3.8) is 0 Å². The lowest BCUT2D eigenvalue weighted by Crippen LogP contribution is -2.31. The summed E-state index contributed by atoms with van der Waals surface area (Å²) < 4.78 is 27.4. The third-order valence-electron chi connectivity index (χ3n) is 3.49. The molecule has 1 fully saturated rings. The zero-order valence-electron chi connectivity index (χ0n) is 11.6. The Morgan fingerprint density at radius 3 is 2.47 bits per heavy atom. The van der Waals surface area contributed by atoms with Crippen molar-refractivity contribution in [2.24, 2.45) is 0 Å². The maximum Gasteiger partial charge on any atom is 0.252 e. The first-order chi connectivity index (χ1) is 9.05. The fraction of sp³-hybridized carbons (Fsp3) is 0.692. The molecular formula is C13H22N2O2S2. The Balaban J connectivity index is 2.25. The molecule has 1 aromatic heterocycles. The molecule has 4 nitrogen and oxygen atoms in total. The molecule has 6 heteroatoms. The normalized spacial score (nSPS) is 18.4. The molecule has 1 aliphatic heterocycles. The fourth-order valence-corrected chi connectivity index (χ4v) is 5.63. The summed E-state index contributed by atoms with van der Waals surface area (Å²) in [5.41, 5.74) is 1.06. The van der Waals surface area contributed by atoms with E-state index in [1.807, 2.05) is 20.0 Å². The first kappa shape index (κ1) is 15.0. The number of hydrogen-bond acceptors (Lipinski definition) is 4. The first-order valence-corrected chi connectivity index (χ1v) is 9.05. The molecule has 0 amide bonds. The summed E-state index contributed by atoms with van der Waals surface area (Å²) in [6, 6.07) is 1.82. The van der Waals surface area contributed by atoms with E-state index in [1.165, 1.54) is 11.3 Å². The van der Waals surface area contributed by atoms with Crippen molar-refractivity contribution in [1.82, 2.24) is 9.62 Å². The van der Waals surface area contributed by atoms with E-state index < -0.39 is 10.0 Å². The topological polar surface area (TPSA) is 49.4 Å². The van der Waals surface area contributed by atoms with Gasteiger partial charge in [0.15, 0.2) is 0 Å². The van der Waals surface area contributed by atoms with Gasteiger partial charge in [0.2, 0.25) is 0 Å². The molecule has 1 N–H and O–H groups in total. The number of sulfonamides is 1. The van der Waals surface area contributed by atoms with Crippen LogP contribution in [0.15, 0.2) is 10.3 Å². The van der Waals surface area contributed by atoms with Gasteiger partial charge in [0.1, 0.15) is 4.21 Å². The molecule has 0 atom stereocenters. The highest BCUT2D eigenvalue weighted by Gasteiger charge is 2.27. The first-order valence-electron chi connectivity index (χ1n) is 6.80. The van der Waals surface area contributed by atoms with E-state index in [2.05, 4.69) is 5.32 Å². The second-order valence-electron chi connectivity index (χ2n) is 5.02. The van der Waals surface area contributed by atoms with Gasteiger partial charge in [-0.25, -0.2) is 8.42 Å². The van der Waals surface area contributed by atoms with Crippen molar-refractivity contribution in [2.45, 2.75) is 43.4 Å². The third-order valence-corrected chi connectivity index (χ3v) is 7.08. The molecular weight excluding hydrogens is 280 g/mol. The van der Waals surface area contributed by atoms with Gasteiger partial charge in [0, 0.05) is 24.5 Å². The number of aryl methyl sites for hydroxylation is 1. The monoisotopic (exact) mass is 302 g/mol. The Kier molecular flexibility index (Phi) is 5.00. The molecule has 0 saturated carbocycles. The summed E-state index contributed by atoms with van der Waals surface area (Å²) in [5, 5.41) is 3.08. The van der Waals surface area contributed by atoms with Crippen LogP contribution in [0, 0.1) is 6.92 Å². The largest absolute Gasteiger partial charge is 0.315 e. The highest BCUT2D eigenvalue weighted by molar-refractivity contribution is 7.91. The summed E-state index contributed by atoms with van der Waals surface area (Å²) in [4.78, 5) is 1.11. The molecule has 0 radical (unpaired) electrons. The lowest BCUT2D eigenvalue weighted by molar-refractivity contribution is 0.425. The number of nitrogens with one attached hydrogen (secondary N) is 1. The lowest BCUT2D eigenvalue weighted by Gasteiger charge is -2.18. The number of hydrogen-bond donors (Lipinski definition) is 1. The van der Waals surface area contributed by atoms with E-state index >= 15 is 0 Å². The van der Waals surface area contributed by atoms with Gasteiger partial charge >= 0.3 is 0 Å². The molecule has 0 unspecified atom stereocenters. The van der Waals surface area contributed by atoms with Crippen LogP contribution in [0.3, 0.4) is 0 Å². The Morgan fingerprint density at radius 2 is 1.89 bits per heavy atom. The Bertz CT molecular complexity index is 515. The minimum absolute atomic E-state index is 0.497. The van der Waals surface area contributed by atoms with Crippen molar-refractivity contribution < 1.29 is 8.42 Å². The van der Waals surface area contributed by atoms with Gasteiger partial charge in [-0.3, -0.25) is 0 Å². The smallest absolute Gasteiger partial charge is 0.252 e. The third kappa shape index (κ3) is 3.37. The van der Waals surface area contributed by atoms with Crippen LogP contribution < -0.4 is 5.32 Å². The molecule has 1 aliphatic rings. The molecule has 0 aliphatic carbocycles. The second-order valence-corrected chi connectivity index (χ2v) is 8.32. The summed E-state index contributed by atoms with van der Waals surface area (Å²) in [5.74, 6) is 0. The van der Waals surface area contributed by atoms with E-state index in [9.17, 15) is 8.42 Å². The summed E-state index contributed by atoms with van der Waals surface area (Å²) in [7, 11) is -1.40. The van der Waals surface area contributed by atoms with Gasteiger partial charge in [0.25, 0.3) is 10.0 Å². The fourth-order valence-electron chi connectivity index (χ4n) is 2.36. The van der Waals surface area contributed by atoms with E-state index in [4.69, 9.17) is 0 Å². The highest BCUT2D eigenvalue weighted by Crippen LogP contribution is 2.29. The summed E-state index contributed by atoms with van der Waals surface area (Å²) >= 11 is 1.40. The molecule has 0 bridgehead atoms. The van der Waals surface area contributed by atoms with Gasteiger partial charge in [-0.15, -0.1) is 11.3 Å².